The quantitative estimate of drug-likeness (QED) is 0.630. The van der Waals surface area contributed by atoms with Gasteiger partial charge in [-0.3, -0.25) is 0 Å². The number of hydrogen-bond acceptors (Lipinski definition) is 1. The van der Waals surface area contributed by atoms with Gasteiger partial charge in [0, 0.05) is 16.7 Å². The fourth-order valence-electron chi connectivity index (χ4n) is 0.984. The number of halogens is 2. The smallest absolute Gasteiger partial charge is 0.132 e. The number of rotatable bonds is 1. The second kappa shape index (κ2) is 4.06. The fourth-order valence-corrected chi connectivity index (χ4v) is 1.14. The Morgan fingerprint density at radius 2 is 2.31 bits per heavy atom. The van der Waals surface area contributed by atoms with Crippen molar-refractivity contribution >= 4 is 17.2 Å². The van der Waals surface area contributed by atoms with Crippen LogP contribution in [0.4, 0.5) is 4.39 Å². The van der Waals surface area contributed by atoms with Gasteiger partial charge in [-0.05, 0) is 24.6 Å². The van der Waals surface area contributed by atoms with Gasteiger partial charge in [-0.2, -0.15) is 5.26 Å². The lowest BCUT2D eigenvalue weighted by Crippen LogP contribution is -1.85. The molecule has 0 saturated heterocycles. The Kier molecular flexibility index (Phi) is 3.05. The minimum absolute atomic E-state index is 0.353. The maximum atomic E-state index is 13.2. The summed E-state index contributed by atoms with van der Waals surface area (Å²) in [6.45, 7) is 1.68. The fraction of sp³-hybridized carbons (Fsp3) is 0.100. The molecule has 0 saturated carbocycles. The maximum absolute atomic E-state index is 13.2. The van der Waals surface area contributed by atoms with Crippen LogP contribution >= 0.6 is 11.6 Å². The van der Waals surface area contributed by atoms with E-state index in [0.717, 1.165) is 0 Å². The summed E-state index contributed by atoms with van der Waals surface area (Å²) in [4.78, 5) is 0. The van der Waals surface area contributed by atoms with E-state index in [9.17, 15) is 4.39 Å². The molecule has 0 bridgehead atoms. The summed E-state index contributed by atoms with van der Waals surface area (Å²) < 4.78 is 13.2. The Hall–Kier alpha value is -1.33. The van der Waals surface area contributed by atoms with Gasteiger partial charge < -0.3 is 0 Å². The average Bonchev–Trinajstić information content (AvgIpc) is 2.04. The minimum Gasteiger partial charge on any atom is -0.206 e. The number of allylic oxidation sites excluding steroid dienone is 2. The molecule has 0 aliphatic rings. The molecule has 13 heavy (non-hydrogen) atoms. The first-order valence-corrected chi connectivity index (χ1v) is 4.04. The molecule has 0 atom stereocenters. The van der Waals surface area contributed by atoms with E-state index in [1.165, 1.54) is 12.1 Å². The molecule has 0 spiro atoms. The molecular weight excluding hydrogens is 189 g/mol. The molecule has 0 unspecified atom stereocenters. The Labute approximate surface area is 81.1 Å². The summed E-state index contributed by atoms with van der Waals surface area (Å²) in [6, 6.07) is 6.22. The van der Waals surface area contributed by atoms with Gasteiger partial charge in [-0.15, -0.1) is 0 Å². The SMILES string of the molecule is C/C(=C/C#N)c1ccc(Cl)cc1F. The van der Waals surface area contributed by atoms with Crippen molar-refractivity contribution in [1.82, 2.24) is 0 Å². The van der Waals surface area contributed by atoms with Crippen LogP contribution in [0.2, 0.25) is 5.02 Å². The van der Waals surface area contributed by atoms with Gasteiger partial charge in [0.25, 0.3) is 0 Å². The van der Waals surface area contributed by atoms with Crippen LogP contribution in [-0.2, 0) is 0 Å². The number of benzene rings is 1. The topological polar surface area (TPSA) is 23.8 Å². The minimum atomic E-state index is -0.406. The Balaban J connectivity index is 3.18. The molecule has 0 aliphatic carbocycles. The molecule has 0 N–H and O–H groups in total. The third-order valence-corrected chi connectivity index (χ3v) is 1.87. The molecular formula is C10H7ClFN. The molecule has 1 nitrogen and oxygen atoms in total. The zero-order valence-electron chi connectivity index (χ0n) is 7.01. The number of nitriles is 1. The number of nitrogens with zero attached hydrogens (tertiary/aromatic N) is 1. The lowest BCUT2D eigenvalue weighted by molar-refractivity contribution is 0.624. The molecule has 1 aromatic carbocycles. The maximum Gasteiger partial charge on any atom is 0.132 e. The molecule has 0 fully saturated rings. The Bertz CT molecular complexity index is 390. The van der Waals surface area contributed by atoms with Crippen LogP contribution in [0.15, 0.2) is 24.3 Å². The predicted molar refractivity (Wildman–Crippen MR) is 50.7 cm³/mol. The summed E-state index contributed by atoms with van der Waals surface area (Å²) in [7, 11) is 0. The second-order valence-corrected chi connectivity index (χ2v) is 3.02. The van der Waals surface area contributed by atoms with Crippen LogP contribution in [0.5, 0.6) is 0 Å². The lowest BCUT2D eigenvalue weighted by atomic mass is 10.1. The van der Waals surface area contributed by atoms with Crippen LogP contribution in [0.1, 0.15) is 12.5 Å². The summed E-state index contributed by atoms with van der Waals surface area (Å²) >= 11 is 5.57. The predicted octanol–water partition coefficient (Wildman–Crippen LogP) is 3.41. The monoisotopic (exact) mass is 195 g/mol. The molecule has 0 aromatic heterocycles. The standard InChI is InChI=1S/C10H7ClFN/c1-7(4-5-13)9-3-2-8(11)6-10(9)12/h2-4,6H,1H3/b7-4-. The van der Waals surface area contributed by atoms with Crippen LogP contribution < -0.4 is 0 Å². The lowest BCUT2D eigenvalue weighted by Gasteiger charge is -2.01. The van der Waals surface area contributed by atoms with Crippen molar-refractivity contribution in [2.24, 2.45) is 0 Å². The third kappa shape index (κ3) is 2.30. The van der Waals surface area contributed by atoms with Gasteiger partial charge >= 0.3 is 0 Å². The van der Waals surface area contributed by atoms with Crippen molar-refractivity contribution in [3.63, 3.8) is 0 Å². The molecule has 0 radical (unpaired) electrons. The van der Waals surface area contributed by atoms with Crippen molar-refractivity contribution in [2.75, 3.05) is 0 Å². The van der Waals surface area contributed by atoms with E-state index in [1.807, 2.05) is 6.07 Å². The van der Waals surface area contributed by atoms with E-state index in [-0.39, 0.29) is 0 Å². The summed E-state index contributed by atoms with van der Waals surface area (Å²) in [5, 5.41) is 8.72. The van der Waals surface area contributed by atoms with Crippen LogP contribution in [0, 0.1) is 17.1 Å². The van der Waals surface area contributed by atoms with Crippen molar-refractivity contribution in [3.8, 4) is 6.07 Å². The first-order valence-electron chi connectivity index (χ1n) is 3.67. The van der Waals surface area contributed by atoms with Gasteiger partial charge in [0.2, 0.25) is 0 Å². The van der Waals surface area contributed by atoms with Gasteiger partial charge in [-0.1, -0.05) is 17.7 Å². The van der Waals surface area contributed by atoms with Crippen molar-refractivity contribution in [1.29, 1.82) is 5.26 Å². The van der Waals surface area contributed by atoms with Gasteiger partial charge in [0.1, 0.15) is 5.82 Å². The first-order chi connectivity index (χ1) is 6.15. The average molecular weight is 196 g/mol. The number of hydrogen-bond donors (Lipinski definition) is 0. The highest BCUT2D eigenvalue weighted by atomic mass is 35.5. The highest BCUT2D eigenvalue weighted by molar-refractivity contribution is 6.30. The first kappa shape index (κ1) is 9.76. The Morgan fingerprint density at radius 1 is 1.62 bits per heavy atom. The van der Waals surface area contributed by atoms with E-state index < -0.39 is 5.82 Å². The summed E-state index contributed by atoms with van der Waals surface area (Å²) in [5.74, 6) is -0.406. The zero-order valence-corrected chi connectivity index (χ0v) is 7.77. The van der Waals surface area contributed by atoms with E-state index in [0.29, 0.717) is 16.2 Å². The van der Waals surface area contributed by atoms with Crippen LogP contribution in [0.25, 0.3) is 5.57 Å². The second-order valence-electron chi connectivity index (χ2n) is 2.58. The molecule has 1 aromatic rings. The van der Waals surface area contributed by atoms with Gasteiger partial charge in [0.05, 0.1) is 6.07 Å². The molecule has 0 heterocycles. The summed E-state index contributed by atoms with van der Waals surface area (Å²) in [6.07, 6.45) is 1.30. The molecule has 0 amide bonds. The van der Waals surface area contributed by atoms with Gasteiger partial charge in [-0.25, -0.2) is 4.39 Å². The molecule has 66 valence electrons. The van der Waals surface area contributed by atoms with Crippen LogP contribution in [-0.4, -0.2) is 0 Å². The normalized spacial score (nSPS) is 11.1. The van der Waals surface area contributed by atoms with Gasteiger partial charge in [0.15, 0.2) is 0 Å². The largest absolute Gasteiger partial charge is 0.206 e. The third-order valence-electron chi connectivity index (χ3n) is 1.64. The molecule has 1 rings (SSSR count). The molecule has 3 heteroatoms. The van der Waals surface area contributed by atoms with Crippen molar-refractivity contribution in [3.05, 3.63) is 40.7 Å². The van der Waals surface area contributed by atoms with E-state index in [4.69, 9.17) is 16.9 Å². The highest BCUT2D eigenvalue weighted by Crippen LogP contribution is 2.20. The molecule has 0 aliphatic heterocycles. The van der Waals surface area contributed by atoms with Crippen molar-refractivity contribution in [2.45, 2.75) is 6.92 Å². The van der Waals surface area contributed by atoms with Crippen molar-refractivity contribution < 1.29 is 4.39 Å². The summed E-state index contributed by atoms with van der Waals surface area (Å²) in [5.41, 5.74) is 1.00. The van der Waals surface area contributed by atoms with Crippen LogP contribution in [0.3, 0.4) is 0 Å². The Morgan fingerprint density at radius 3 is 2.85 bits per heavy atom. The zero-order chi connectivity index (χ0) is 9.84. The van der Waals surface area contributed by atoms with E-state index in [1.54, 1.807) is 19.1 Å². The highest BCUT2D eigenvalue weighted by Gasteiger charge is 2.03. The van der Waals surface area contributed by atoms with E-state index in [2.05, 4.69) is 0 Å². The van der Waals surface area contributed by atoms with E-state index >= 15 is 0 Å².